The molecule has 12 nitrogen and oxygen atoms in total. The Morgan fingerprint density at radius 1 is 1.17 bits per heavy atom. The minimum absolute atomic E-state index is 0.0515. The zero-order valence-corrected chi connectivity index (χ0v) is 17.1. The van der Waals surface area contributed by atoms with Crippen LogP contribution in [-0.4, -0.2) is 61.8 Å². The predicted molar refractivity (Wildman–Crippen MR) is 102 cm³/mol. The van der Waals surface area contributed by atoms with Crippen molar-refractivity contribution in [2.75, 3.05) is 25.6 Å². The van der Waals surface area contributed by atoms with E-state index in [1.807, 2.05) is 4.72 Å². The number of ether oxygens (including phenoxy) is 3. The van der Waals surface area contributed by atoms with Crippen molar-refractivity contribution in [3.63, 3.8) is 0 Å². The van der Waals surface area contributed by atoms with Gasteiger partial charge in [-0.1, -0.05) is 6.07 Å². The fourth-order valence-corrected chi connectivity index (χ4v) is 3.61. The van der Waals surface area contributed by atoms with Crippen LogP contribution in [0.15, 0.2) is 23.1 Å². The summed E-state index contributed by atoms with van der Waals surface area (Å²) in [7, 11) is -3.09. The molecule has 0 atom stereocenters. The number of hydrogen-bond donors (Lipinski definition) is 2. The van der Waals surface area contributed by atoms with E-state index in [2.05, 4.69) is 20.3 Å². The molecule has 1 saturated heterocycles. The van der Waals surface area contributed by atoms with Gasteiger partial charge < -0.3 is 14.2 Å². The number of methoxy groups -OCH3 is 1. The molecule has 30 heavy (non-hydrogen) atoms. The first-order valence-electron chi connectivity index (χ1n) is 8.68. The highest BCUT2D eigenvalue weighted by Gasteiger charge is 2.29. The van der Waals surface area contributed by atoms with Crippen molar-refractivity contribution < 1.29 is 32.2 Å². The molecule has 0 saturated carbocycles. The van der Waals surface area contributed by atoms with Gasteiger partial charge in [0.2, 0.25) is 5.95 Å². The summed E-state index contributed by atoms with van der Waals surface area (Å²) in [4.78, 5) is 35.8. The Morgan fingerprint density at radius 3 is 2.53 bits per heavy atom. The van der Waals surface area contributed by atoms with E-state index in [-0.39, 0.29) is 36.6 Å². The second kappa shape index (κ2) is 8.59. The number of sulfonamides is 1. The molecule has 2 aromatic rings. The van der Waals surface area contributed by atoms with Gasteiger partial charge in [-0.2, -0.15) is 15.0 Å². The number of nitrogens with zero attached hydrogens (tertiary/aromatic N) is 3. The lowest BCUT2D eigenvalue weighted by Crippen LogP contribution is -2.39. The predicted octanol–water partition coefficient (Wildman–Crippen LogP) is 0.563. The van der Waals surface area contributed by atoms with E-state index in [0.29, 0.717) is 5.56 Å². The Morgan fingerprint density at radius 2 is 1.90 bits per heavy atom. The average molecular weight is 437 g/mol. The van der Waals surface area contributed by atoms with Crippen LogP contribution < -0.4 is 14.8 Å². The molecular weight excluding hydrogens is 418 g/mol. The number of carbonyl (C=O) groups excluding carboxylic acids is 2. The molecular formula is C17H19N5O7S. The molecule has 1 fully saturated rings. The number of aromatic nitrogens is 3. The maximum atomic E-state index is 12.8. The van der Waals surface area contributed by atoms with Crippen LogP contribution in [0.5, 0.6) is 6.01 Å². The van der Waals surface area contributed by atoms with Crippen molar-refractivity contribution in [2.45, 2.75) is 24.8 Å². The first-order valence-corrected chi connectivity index (χ1v) is 10.2. The van der Waals surface area contributed by atoms with Crippen LogP contribution in [0.3, 0.4) is 0 Å². The van der Waals surface area contributed by atoms with E-state index in [1.165, 1.54) is 19.2 Å². The summed E-state index contributed by atoms with van der Waals surface area (Å²) >= 11 is 0. The van der Waals surface area contributed by atoms with Crippen LogP contribution in [0.1, 0.15) is 21.7 Å². The maximum absolute atomic E-state index is 12.8. The Kier molecular flexibility index (Phi) is 6.12. The number of urea groups is 1. The number of carbonyl (C=O) groups is 2. The maximum Gasteiger partial charge on any atom is 0.339 e. The van der Waals surface area contributed by atoms with E-state index < -0.39 is 33.0 Å². The average Bonchev–Trinajstić information content (AvgIpc) is 2.63. The molecule has 2 amide bonds. The molecule has 0 aliphatic carbocycles. The fourth-order valence-electron chi connectivity index (χ4n) is 2.43. The SMILES string of the molecule is COc1nc(C)nc(NC(=O)NS(=O)(=O)c2cc(C)ccc2C(=O)OC2COC2)n1. The van der Waals surface area contributed by atoms with E-state index >= 15 is 0 Å². The largest absolute Gasteiger partial charge is 0.467 e. The first kappa shape index (κ1) is 21.4. The van der Waals surface area contributed by atoms with Gasteiger partial charge in [0.15, 0.2) is 0 Å². The Hall–Kier alpha value is -3.32. The minimum atomic E-state index is -4.42. The van der Waals surface area contributed by atoms with Crippen LogP contribution in [0.4, 0.5) is 10.7 Å². The number of nitrogens with one attached hydrogen (secondary N) is 2. The Balaban J connectivity index is 1.81. The topological polar surface area (TPSA) is 159 Å². The number of benzene rings is 1. The molecule has 2 heterocycles. The van der Waals surface area contributed by atoms with Gasteiger partial charge >= 0.3 is 18.0 Å². The summed E-state index contributed by atoms with van der Waals surface area (Å²) in [6.07, 6.45) is -0.437. The number of hydrogen-bond acceptors (Lipinski definition) is 10. The summed E-state index contributed by atoms with van der Waals surface area (Å²) in [5.41, 5.74) is 0.364. The van der Waals surface area contributed by atoms with Crippen molar-refractivity contribution in [3.05, 3.63) is 35.2 Å². The number of rotatable bonds is 6. The summed E-state index contributed by atoms with van der Waals surface area (Å²) in [5.74, 6) is -0.786. The molecule has 0 bridgehead atoms. The van der Waals surface area contributed by atoms with Crippen molar-refractivity contribution in [1.82, 2.24) is 19.7 Å². The quantitative estimate of drug-likeness (QED) is 0.612. The lowest BCUT2D eigenvalue weighted by molar-refractivity contribution is -0.103. The van der Waals surface area contributed by atoms with E-state index in [1.54, 1.807) is 19.9 Å². The van der Waals surface area contributed by atoms with Gasteiger partial charge in [-0.25, -0.2) is 22.7 Å². The summed E-state index contributed by atoms with van der Waals surface area (Å²) in [6, 6.07) is 2.97. The zero-order valence-electron chi connectivity index (χ0n) is 16.3. The fraction of sp³-hybridized carbons (Fsp3) is 0.353. The van der Waals surface area contributed by atoms with Crippen LogP contribution in [0, 0.1) is 13.8 Å². The first-order chi connectivity index (χ1) is 14.2. The Labute approximate surface area is 172 Å². The second-order valence-corrected chi connectivity index (χ2v) is 7.97. The van der Waals surface area contributed by atoms with Crippen molar-refractivity contribution in [1.29, 1.82) is 0 Å². The number of aryl methyl sites for hydroxylation is 2. The molecule has 1 aromatic heterocycles. The lowest BCUT2D eigenvalue weighted by Gasteiger charge is -2.26. The normalized spacial score (nSPS) is 13.8. The molecule has 160 valence electrons. The molecule has 0 radical (unpaired) electrons. The monoisotopic (exact) mass is 437 g/mol. The standard InChI is InChI=1S/C17H19N5O7S/c1-9-4-5-12(14(23)29-11-7-28-8-11)13(6-9)30(25,26)22-16(24)20-15-18-10(2)19-17(21-15)27-3/h4-6,11H,7-8H2,1-3H3,(H2,18,19,20,21,22,24). The molecule has 13 heteroatoms. The van der Waals surface area contributed by atoms with Gasteiger partial charge in [-0.15, -0.1) is 0 Å². The molecule has 3 rings (SSSR count). The highest BCUT2D eigenvalue weighted by atomic mass is 32.2. The summed E-state index contributed by atoms with van der Waals surface area (Å²) in [5, 5.41) is 2.19. The number of esters is 1. The van der Waals surface area contributed by atoms with Crippen molar-refractivity contribution >= 4 is 28.0 Å². The van der Waals surface area contributed by atoms with Gasteiger partial charge in [0.1, 0.15) is 16.8 Å². The third kappa shape index (κ3) is 4.99. The second-order valence-electron chi connectivity index (χ2n) is 6.32. The van der Waals surface area contributed by atoms with Crippen molar-refractivity contribution in [3.8, 4) is 6.01 Å². The Bertz CT molecular complexity index is 1090. The smallest absolute Gasteiger partial charge is 0.339 e. The third-order valence-electron chi connectivity index (χ3n) is 3.89. The van der Waals surface area contributed by atoms with Crippen molar-refractivity contribution in [2.24, 2.45) is 0 Å². The lowest BCUT2D eigenvalue weighted by atomic mass is 10.1. The zero-order chi connectivity index (χ0) is 21.9. The molecule has 1 aromatic carbocycles. The van der Waals surface area contributed by atoms with Gasteiger partial charge in [-0.3, -0.25) is 5.32 Å². The highest BCUT2D eigenvalue weighted by Crippen LogP contribution is 2.20. The van der Waals surface area contributed by atoms with E-state index in [9.17, 15) is 18.0 Å². The highest BCUT2D eigenvalue weighted by molar-refractivity contribution is 7.90. The van der Waals surface area contributed by atoms with Crippen LogP contribution in [0.2, 0.25) is 0 Å². The molecule has 1 aliphatic heterocycles. The van der Waals surface area contributed by atoms with Gasteiger partial charge in [0, 0.05) is 0 Å². The van der Waals surface area contributed by atoms with E-state index in [0.717, 1.165) is 0 Å². The summed E-state index contributed by atoms with van der Waals surface area (Å²) in [6.45, 7) is 3.68. The minimum Gasteiger partial charge on any atom is -0.467 e. The molecule has 1 aliphatic rings. The number of anilines is 1. The van der Waals surface area contributed by atoms with E-state index in [4.69, 9.17) is 14.2 Å². The van der Waals surface area contributed by atoms with Crippen LogP contribution in [-0.2, 0) is 19.5 Å². The molecule has 2 N–H and O–H groups in total. The summed E-state index contributed by atoms with van der Waals surface area (Å²) < 4.78 is 42.4. The van der Waals surface area contributed by atoms with Gasteiger partial charge in [0.25, 0.3) is 10.0 Å². The van der Waals surface area contributed by atoms with Gasteiger partial charge in [-0.05, 0) is 31.5 Å². The van der Waals surface area contributed by atoms with Crippen LogP contribution >= 0.6 is 0 Å². The van der Waals surface area contributed by atoms with Gasteiger partial charge in [0.05, 0.1) is 25.9 Å². The van der Waals surface area contributed by atoms with Crippen LogP contribution in [0.25, 0.3) is 0 Å². The molecule has 0 spiro atoms. The molecule has 0 unspecified atom stereocenters. The number of amides is 2. The third-order valence-corrected chi connectivity index (χ3v) is 5.26.